The molecule has 4 rings (SSSR count). The second-order valence-electron chi connectivity index (χ2n) is 15.8. The Morgan fingerprint density at radius 2 is 0.947 bits per heavy atom. The molecule has 0 saturated heterocycles. The van der Waals surface area contributed by atoms with Crippen molar-refractivity contribution in [1.29, 1.82) is 0 Å². The number of nitrogens with two attached hydrogens (primary N) is 12. The maximum atomic E-state index is 14.1. The summed E-state index contributed by atoms with van der Waals surface area (Å²) in [5.41, 5.74) is 70.1. The van der Waals surface area contributed by atoms with E-state index in [1.54, 1.807) is 6.07 Å². The summed E-state index contributed by atoms with van der Waals surface area (Å²) < 4.78 is 0. The molecular formula is C41H57N25O10. The first kappa shape index (κ1) is 58.0. The molecule has 8 atom stereocenters. The van der Waals surface area contributed by atoms with Crippen molar-refractivity contribution in [2.24, 2.45) is 99.8 Å². The van der Waals surface area contributed by atoms with Gasteiger partial charge in [0.2, 0.25) is 48.7 Å². The topological polar surface area (TPSA) is 647 Å². The van der Waals surface area contributed by atoms with Gasteiger partial charge in [0, 0.05) is 5.56 Å². The van der Waals surface area contributed by atoms with Crippen molar-refractivity contribution in [3.05, 3.63) is 89.0 Å². The summed E-state index contributed by atoms with van der Waals surface area (Å²) in [6, 6.07) is 16.5. The van der Waals surface area contributed by atoms with Crippen LogP contribution in [0, 0.1) is 5.92 Å². The van der Waals surface area contributed by atoms with E-state index in [1.165, 1.54) is 24.3 Å². The molecule has 35 nitrogen and oxygen atoms in total. The summed E-state index contributed by atoms with van der Waals surface area (Å²) in [6.45, 7) is -0.824. The number of amides is 8. The number of aliphatic hydroxyl groups is 2. The van der Waals surface area contributed by atoms with Crippen LogP contribution in [0.25, 0.3) is 16.5 Å². The number of carbonyl (C=O) groups is 8. The molecule has 0 radical (unpaired) electrons. The number of aliphatic hydroxyl groups excluding tert-OH is 2. The number of nitrogens with one attached hydrogen (secondary N) is 8. The van der Waals surface area contributed by atoms with Gasteiger partial charge in [-0.25, -0.2) is 20.0 Å². The van der Waals surface area contributed by atoms with Crippen LogP contribution in [0.5, 0.6) is 0 Å². The van der Waals surface area contributed by atoms with E-state index < -0.39 is 127 Å². The Labute approximate surface area is 428 Å². The summed E-state index contributed by atoms with van der Waals surface area (Å²) in [5.74, 6) is -15.6. The van der Waals surface area contributed by atoms with Crippen LogP contribution in [0.1, 0.15) is 22.7 Å². The lowest BCUT2D eigenvalue weighted by atomic mass is 9.96. The Morgan fingerprint density at radius 1 is 0.513 bits per heavy atom. The lowest BCUT2D eigenvalue weighted by Gasteiger charge is -2.25. The lowest BCUT2D eigenvalue weighted by Crippen LogP contribution is -2.60. The fourth-order valence-corrected chi connectivity index (χ4v) is 6.89. The lowest BCUT2D eigenvalue weighted by molar-refractivity contribution is -0.140. The van der Waals surface area contributed by atoms with E-state index in [4.69, 9.17) is 68.8 Å². The van der Waals surface area contributed by atoms with Crippen molar-refractivity contribution < 1.29 is 48.6 Å². The highest BCUT2D eigenvalue weighted by Gasteiger charge is 2.37. The summed E-state index contributed by atoms with van der Waals surface area (Å²) >= 11 is 0. The molecule has 0 bridgehead atoms. The van der Waals surface area contributed by atoms with Gasteiger partial charge in [-0.1, -0.05) is 60.7 Å². The fourth-order valence-electron chi connectivity index (χ4n) is 6.89. The van der Waals surface area contributed by atoms with E-state index in [0.717, 1.165) is 16.3 Å². The molecule has 0 saturated carbocycles. The molecule has 0 aliphatic heterocycles. The van der Waals surface area contributed by atoms with Crippen molar-refractivity contribution in [3.8, 4) is 0 Å². The zero-order valence-electron chi connectivity index (χ0n) is 39.7. The minimum atomic E-state index is -2.39. The predicted octanol–water partition coefficient (Wildman–Crippen LogP) is -11.5. The van der Waals surface area contributed by atoms with Crippen LogP contribution in [0.4, 0.5) is 0 Å². The summed E-state index contributed by atoms with van der Waals surface area (Å²) in [4.78, 5) is 121. The van der Waals surface area contributed by atoms with Crippen LogP contribution in [-0.2, 0) is 44.8 Å². The fraction of sp³-hybridized carbons (Fsp3) is 0.244. The number of primary amides is 1. The highest BCUT2D eigenvalue weighted by molar-refractivity contribution is 6.00. The van der Waals surface area contributed by atoms with E-state index in [9.17, 15) is 48.6 Å². The molecule has 406 valence electrons. The van der Waals surface area contributed by atoms with Gasteiger partial charge in [0.15, 0.2) is 30.0 Å². The van der Waals surface area contributed by atoms with E-state index in [0.29, 0.717) is 5.56 Å². The van der Waals surface area contributed by atoms with Crippen molar-refractivity contribution in [2.75, 3.05) is 6.61 Å². The SMILES string of the molecule is NC(=O)C(N)NC(=O)C(N=C(N)N)NC(=O)C(N=C(N)N)NC(=O)C(N=C(N)N)NC(=O)C(N=C(N)N)NC(=O)C(NC(=O)C(O)NC(=O)C(CO)C1=C(NN=C(N)N)c2cc3ccccc3cc2C1)c1ccccc1. The molecular weight excluding hydrogens is 1000 g/mol. The van der Waals surface area contributed by atoms with Gasteiger partial charge in [0.25, 0.3) is 35.4 Å². The number of hydrogen-bond acceptors (Lipinski definition) is 17. The number of nitrogens with zero attached hydrogens (tertiary/aromatic N) is 5. The van der Waals surface area contributed by atoms with Gasteiger partial charge in [-0.15, -0.1) is 5.10 Å². The number of guanidine groups is 5. The Bertz CT molecular complexity index is 2890. The van der Waals surface area contributed by atoms with Gasteiger partial charge in [-0.05, 0) is 40.0 Å². The molecule has 35 heteroatoms. The standard InChI is InChI=1S/C41H57N25O10/c42-23(24(43)68)55-31(71)25(60-37(44)45)57-33(73)27(62-39(48)49)59-34(74)28(63-40(50)51)58-32(72)26(61-38(46)47)56-30(70)21(14-6-2-1-3-7-14)54-35(75)36(76)64-29(69)20(13-67)19-12-17-10-15-8-4-5-9-16(15)11-18(17)22(19)65-66-41(52)53/h1-11,20-21,23,25-28,36,65,67,76H,12-13,42H2,(H2,43,68)(H,54,75)(H,55,71)(H,56,70)(H,57,73)(H,58,72)(H,59,74)(H,64,69)(H4,44,45,60)(H4,46,47,61)(H4,48,49,62)(H4,50,51,63)(H4,52,53,66). The number of aliphatic imine (C=N–C) groups is 4. The molecule has 8 amide bonds. The minimum Gasteiger partial charge on any atom is -0.395 e. The third-order valence-corrected chi connectivity index (χ3v) is 10.2. The van der Waals surface area contributed by atoms with Gasteiger partial charge in [-0.2, -0.15) is 0 Å². The number of benzene rings is 3. The predicted molar refractivity (Wildman–Crippen MR) is 272 cm³/mol. The molecule has 3 aromatic rings. The Kier molecular flexibility index (Phi) is 20.0. The van der Waals surface area contributed by atoms with Crippen molar-refractivity contribution in [2.45, 2.75) is 49.5 Å². The van der Waals surface area contributed by atoms with E-state index in [1.807, 2.05) is 57.7 Å². The minimum absolute atomic E-state index is 0.0257. The first-order valence-corrected chi connectivity index (χ1v) is 21.8. The number of hydrazone groups is 1. The first-order valence-electron chi connectivity index (χ1n) is 21.8. The largest absolute Gasteiger partial charge is 0.395 e. The zero-order chi connectivity index (χ0) is 56.6. The van der Waals surface area contributed by atoms with Crippen LogP contribution >= 0.6 is 0 Å². The summed E-state index contributed by atoms with van der Waals surface area (Å²) in [5, 5.41) is 41.6. The van der Waals surface area contributed by atoms with Gasteiger partial charge in [-0.3, -0.25) is 43.8 Å². The summed E-state index contributed by atoms with van der Waals surface area (Å²) in [7, 11) is 0. The van der Waals surface area contributed by atoms with Gasteiger partial charge < -0.3 is 116 Å². The van der Waals surface area contributed by atoms with Crippen LogP contribution in [-0.4, -0.2) is 131 Å². The highest BCUT2D eigenvalue weighted by atomic mass is 16.3. The van der Waals surface area contributed by atoms with E-state index >= 15 is 0 Å². The number of carbonyl (C=O) groups excluding carboxylic acids is 8. The Morgan fingerprint density at radius 3 is 1.38 bits per heavy atom. The number of rotatable bonds is 24. The van der Waals surface area contributed by atoms with Gasteiger partial charge >= 0.3 is 0 Å². The Hall–Kier alpha value is -10.6. The maximum Gasteiger partial charge on any atom is 0.270 e. The normalized spacial score (nSPS) is 14.5. The number of fused-ring (bicyclic) bond motifs is 2. The van der Waals surface area contributed by atoms with Gasteiger partial charge in [0.1, 0.15) is 6.04 Å². The monoisotopic (exact) mass is 1060 g/mol. The van der Waals surface area contributed by atoms with Gasteiger partial charge in [0.05, 0.1) is 18.2 Å². The third-order valence-electron chi connectivity index (χ3n) is 10.2. The Balaban J connectivity index is 1.56. The molecule has 1 aliphatic carbocycles. The molecule has 76 heavy (non-hydrogen) atoms. The second kappa shape index (κ2) is 26.2. The smallest absolute Gasteiger partial charge is 0.270 e. The highest BCUT2D eigenvalue weighted by Crippen LogP contribution is 2.37. The average molecular weight is 1060 g/mol. The quantitative estimate of drug-likeness (QED) is 0.0171. The van der Waals surface area contributed by atoms with Crippen LogP contribution in [0.2, 0.25) is 0 Å². The maximum absolute atomic E-state index is 14.1. The van der Waals surface area contributed by atoms with E-state index in [-0.39, 0.29) is 29.2 Å². The van der Waals surface area contributed by atoms with Crippen molar-refractivity contribution in [3.63, 3.8) is 0 Å². The molecule has 8 unspecified atom stereocenters. The van der Waals surface area contributed by atoms with Crippen molar-refractivity contribution in [1.82, 2.24) is 42.6 Å². The molecule has 34 N–H and O–H groups in total. The second-order valence-corrected chi connectivity index (χ2v) is 15.8. The van der Waals surface area contributed by atoms with Crippen LogP contribution in [0.15, 0.2) is 97.4 Å². The molecule has 0 aromatic heterocycles. The molecule has 0 spiro atoms. The van der Waals surface area contributed by atoms with Crippen LogP contribution in [0.3, 0.4) is 0 Å². The average Bonchev–Trinajstić information content (AvgIpc) is 3.69. The van der Waals surface area contributed by atoms with E-state index in [2.05, 4.69) is 46.4 Å². The third kappa shape index (κ3) is 16.2. The van der Waals surface area contributed by atoms with Crippen molar-refractivity contribution >= 4 is 93.5 Å². The molecule has 3 aromatic carbocycles. The summed E-state index contributed by atoms with van der Waals surface area (Å²) in [6.07, 6.45) is -12.8. The molecule has 0 heterocycles. The number of hydrogen-bond donors (Lipinski definition) is 22. The molecule has 0 fully saturated rings. The molecule has 1 aliphatic rings. The van der Waals surface area contributed by atoms with Crippen LogP contribution < -0.4 is 111 Å². The first-order chi connectivity index (χ1) is 35.8. The zero-order valence-corrected chi connectivity index (χ0v) is 39.7.